The van der Waals surface area contributed by atoms with E-state index >= 15 is 0 Å². The average Bonchev–Trinajstić information content (AvgIpc) is 2.47. The lowest BCUT2D eigenvalue weighted by Gasteiger charge is -2.12. The monoisotopic (exact) mass is 318 g/mol. The summed E-state index contributed by atoms with van der Waals surface area (Å²) < 4.78 is 37.6. The van der Waals surface area contributed by atoms with Crippen molar-refractivity contribution in [3.63, 3.8) is 0 Å². The van der Waals surface area contributed by atoms with Gasteiger partial charge in [0.25, 0.3) is 0 Å². The molecule has 0 aliphatic rings. The third-order valence-corrected chi connectivity index (χ3v) is 3.45. The van der Waals surface area contributed by atoms with Gasteiger partial charge in [0, 0.05) is 11.8 Å². The average molecular weight is 318 g/mol. The van der Waals surface area contributed by atoms with Gasteiger partial charge in [0.2, 0.25) is 0 Å². The Morgan fingerprint density at radius 3 is 2.39 bits per heavy atom. The molecule has 3 nitrogen and oxygen atoms in total. The normalized spacial score (nSPS) is 12.5. The highest BCUT2D eigenvalue weighted by molar-refractivity contribution is 6.03. The van der Waals surface area contributed by atoms with Crippen LogP contribution < -0.4 is 0 Å². The predicted molar refractivity (Wildman–Crippen MR) is 77.8 cm³/mol. The van der Waals surface area contributed by atoms with Crippen LogP contribution in [0.15, 0.2) is 36.5 Å². The maximum atomic E-state index is 12.5. The zero-order valence-electron chi connectivity index (χ0n) is 12.5. The molecule has 0 aliphatic heterocycles. The van der Waals surface area contributed by atoms with E-state index in [0.29, 0.717) is 17.3 Å². The fourth-order valence-corrected chi connectivity index (χ4v) is 2.25. The number of pyridine rings is 1. The van der Waals surface area contributed by atoms with Gasteiger partial charge < -0.3 is 0 Å². The summed E-state index contributed by atoms with van der Waals surface area (Å²) in [5.41, 5.74) is 1.13. The lowest BCUT2D eigenvalue weighted by molar-refractivity contribution is -0.137. The Balaban J connectivity index is 2.36. The van der Waals surface area contributed by atoms with E-state index in [0.717, 1.165) is 17.7 Å². The number of halogens is 3. The fourth-order valence-electron chi connectivity index (χ4n) is 2.25. The Morgan fingerprint density at radius 2 is 1.91 bits per heavy atom. The molecule has 1 aromatic carbocycles. The van der Waals surface area contributed by atoms with Crippen LogP contribution in [0, 0.1) is 25.2 Å². The van der Waals surface area contributed by atoms with E-state index in [-0.39, 0.29) is 5.69 Å². The molecule has 1 aromatic heterocycles. The molecule has 1 unspecified atom stereocenters. The van der Waals surface area contributed by atoms with Crippen LogP contribution in [0.4, 0.5) is 13.2 Å². The number of ketones is 1. The summed E-state index contributed by atoms with van der Waals surface area (Å²) in [5.74, 6) is -1.71. The topological polar surface area (TPSA) is 53.8 Å². The second-order valence-electron chi connectivity index (χ2n) is 5.21. The molecular weight excluding hydrogens is 305 g/mol. The van der Waals surface area contributed by atoms with Crippen LogP contribution in [0.2, 0.25) is 0 Å². The van der Waals surface area contributed by atoms with Crippen LogP contribution in [-0.4, -0.2) is 10.8 Å². The number of hydrogen-bond donors (Lipinski definition) is 0. The molecule has 0 fully saturated rings. The molecule has 23 heavy (non-hydrogen) atoms. The molecule has 118 valence electrons. The number of aromatic nitrogens is 1. The minimum Gasteiger partial charge on any atom is -0.292 e. The molecule has 0 saturated carbocycles. The highest BCUT2D eigenvalue weighted by Gasteiger charge is 2.32. The third-order valence-electron chi connectivity index (χ3n) is 3.45. The van der Waals surface area contributed by atoms with Crippen LogP contribution in [0.5, 0.6) is 0 Å². The van der Waals surface area contributed by atoms with Gasteiger partial charge in [-0.15, -0.1) is 0 Å². The highest BCUT2D eigenvalue weighted by atomic mass is 19.4. The van der Waals surface area contributed by atoms with Gasteiger partial charge in [-0.05, 0) is 31.5 Å². The molecule has 0 amide bonds. The van der Waals surface area contributed by atoms with Crippen molar-refractivity contribution in [3.05, 3.63) is 64.5 Å². The number of benzene rings is 1. The molecule has 2 rings (SSSR count). The second-order valence-corrected chi connectivity index (χ2v) is 5.21. The van der Waals surface area contributed by atoms with Gasteiger partial charge in [0.1, 0.15) is 0 Å². The number of hydrogen-bond acceptors (Lipinski definition) is 3. The van der Waals surface area contributed by atoms with E-state index in [9.17, 15) is 23.2 Å². The maximum absolute atomic E-state index is 12.5. The smallest absolute Gasteiger partial charge is 0.292 e. The van der Waals surface area contributed by atoms with Crippen molar-refractivity contribution in [2.75, 3.05) is 0 Å². The van der Waals surface area contributed by atoms with Gasteiger partial charge in [-0.25, -0.2) is 0 Å². The number of nitriles is 1. The van der Waals surface area contributed by atoms with E-state index in [2.05, 4.69) is 4.98 Å². The summed E-state index contributed by atoms with van der Waals surface area (Å²) in [4.78, 5) is 16.2. The van der Waals surface area contributed by atoms with Crippen molar-refractivity contribution in [1.82, 2.24) is 4.98 Å². The first-order chi connectivity index (χ1) is 10.7. The van der Waals surface area contributed by atoms with Crippen molar-refractivity contribution < 1.29 is 18.0 Å². The number of carbonyl (C=O) groups is 1. The summed E-state index contributed by atoms with van der Waals surface area (Å²) in [5, 5.41) is 9.25. The van der Waals surface area contributed by atoms with Crippen molar-refractivity contribution in [2.24, 2.45) is 0 Å². The van der Waals surface area contributed by atoms with Crippen molar-refractivity contribution in [2.45, 2.75) is 25.9 Å². The summed E-state index contributed by atoms with van der Waals surface area (Å²) in [7, 11) is 0. The molecule has 2 aromatic rings. The lowest BCUT2D eigenvalue weighted by Crippen LogP contribution is -2.15. The summed E-state index contributed by atoms with van der Waals surface area (Å²) in [6.07, 6.45) is -3.87. The van der Waals surface area contributed by atoms with E-state index < -0.39 is 23.4 Å². The first-order valence-electron chi connectivity index (χ1n) is 6.78. The Bertz CT molecular complexity index is 774. The summed E-state index contributed by atoms with van der Waals surface area (Å²) in [6, 6.07) is 8.88. The maximum Gasteiger partial charge on any atom is 0.417 e. The standard InChI is InChI=1S/C17H13F3N2O/c1-10-3-5-13(11(2)7-10)16(23)14(8-21)15-6-4-12(9-22-15)17(18,19)20/h3-7,9,14H,1-2H3. The third kappa shape index (κ3) is 3.57. The Morgan fingerprint density at radius 1 is 1.22 bits per heavy atom. The molecular formula is C17H13F3N2O. The van der Waals surface area contributed by atoms with E-state index in [4.69, 9.17) is 0 Å². The molecule has 1 atom stereocenters. The Hall–Kier alpha value is -2.68. The molecule has 0 bridgehead atoms. The molecule has 0 aliphatic carbocycles. The number of alkyl halides is 3. The van der Waals surface area contributed by atoms with Crippen molar-refractivity contribution >= 4 is 5.78 Å². The predicted octanol–water partition coefficient (Wildman–Crippen LogP) is 4.21. The SMILES string of the molecule is Cc1ccc(C(=O)C(C#N)c2ccc(C(F)(F)F)cn2)c(C)c1. The van der Waals surface area contributed by atoms with Crippen molar-refractivity contribution in [3.8, 4) is 6.07 Å². The minimum absolute atomic E-state index is 0.00507. The molecule has 0 saturated heterocycles. The molecule has 1 heterocycles. The Labute approximate surface area is 131 Å². The number of aryl methyl sites for hydroxylation is 2. The van der Waals surface area contributed by atoms with Gasteiger partial charge >= 0.3 is 6.18 Å². The van der Waals surface area contributed by atoms with Gasteiger partial charge in [-0.1, -0.05) is 23.8 Å². The molecule has 0 N–H and O–H groups in total. The van der Waals surface area contributed by atoms with E-state index in [1.165, 1.54) is 0 Å². The molecule has 0 radical (unpaired) electrons. The first-order valence-corrected chi connectivity index (χ1v) is 6.78. The lowest BCUT2D eigenvalue weighted by atomic mass is 9.92. The van der Waals surface area contributed by atoms with Gasteiger partial charge in [0.05, 0.1) is 17.3 Å². The fraction of sp³-hybridized carbons (Fsp3) is 0.235. The van der Waals surface area contributed by atoms with Crippen molar-refractivity contribution in [1.29, 1.82) is 5.26 Å². The Kier molecular flexibility index (Phi) is 4.50. The number of Topliss-reactive ketones (excluding diaryl/α,β-unsaturated/α-hetero) is 1. The molecule has 6 heteroatoms. The molecule has 0 spiro atoms. The zero-order valence-corrected chi connectivity index (χ0v) is 12.5. The van der Waals surface area contributed by atoms with Crippen LogP contribution in [0.1, 0.15) is 38.7 Å². The summed E-state index contributed by atoms with van der Waals surface area (Å²) in [6.45, 7) is 3.62. The van der Waals surface area contributed by atoms with Gasteiger partial charge in [-0.3, -0.25) is 9.78 Å². The zero-order chi connectivity index (χ0) is 17.2. The minimum atomic E-state index is -4.51. The number of rotatable bonds is 3. The second kappa shape index (κ2) is 6.21. The first kappa shape index (κ1) is 16.7. The van der Waals surface area contributed by atoms with E-state index in [1.807, 2.05) is 19.1 Å². The summed E-state index contributed by atoms with van der Waals surface area (Å²) >= 11 is 0. The van der Waals surface area contributed by atoms with Crippen LogP contribution >= 0.6 is 0 Å². The van der Waals surface area contributed by atoms with Crippen LogP contribution in [-0.2, 0) is 6.18 Å². The largest absolute Gasteiger partial charge is 0.417 e. The van der Waals surface area contributed by atoms with Crippen LogP contribution in [0.3, 0.4) is 0 Å². The van der Waals surface area contributed by atoms with Gasteiger partial charge in [0.15, 0.2) is 11.7 Å². The van der Waals surface area contributed by atoms with Crippen LogP contribution in [0.25, 0.3) is 0 Å². The quantitative estimate of drug-likeness (QED) is 0.797. The highest BCUT2D eigenvalue weighted by Crippen LogP contribution is 2.29. The van der Waals surface area contributed by atoms with Gasteiger partial charge in [-0.2, -0.15) is 18.4 Å². The van der Waals surface area contributed by atoms with E-state index in [1.54, 1.807) is 19.1 Å². The number of carbonyl (C=O) groups excluding carboxylic acids is 1. The number of nitrogens with zero attached hydrogens (tertiary/aromatic N) is 2.